The van der Waals surface area contributed by atoms with Crippen LogP contribution in [0, 0.1) is 10.1 Å². The van der Waals surface area contributed by atoms with Crippen LogP contribution in [0.1, 0.15) is 26.7 Å². The predicted molar refractivity (Wildman–Crippen MR) is 73.7 cm³/mol. The molecule has 0 aliphatic carbocycles. The smallest absolute Gasteiger partial charge is 0.292 e. The average Bonchev–Trinajstić information content (AvgIpc) is 2.38. The van der Waals surface area contributed by atoms with E-state index in [4.69, 9.17) is 9.84 Å². The van der Waals surface area contributed by atoms with Gasteiger partial charge in [-0.1, -0.05) is 6.92 Å². The summed E-state index contributed by atoms with van der Waals surface area (Å²) < 4.78 is 5.09. The van der Waals surface area contributed by atoms with Gasteiger partial charge < -0.3 is 15.2 Å². The average molecular weight is 268 g/mol. The Morgan fingerprint density at radius 1 is 1.53 bits per heavy atom. The number of nitro groups is 1. The van der Waals surface area contributed by atoms with E-state index in [9.17, 15) is 10.1 Å². The second kappa shape index (κ2) is 6.38. The minimum Gasteiger partial charge on any atom is -0.497 e. The van der Waals surface area contributed by atoms with E-state index in [1.54, 1.807) is 12.1 Å². The van der Waals surface area contributed by atoms with Crippen LogP contribution in [0.4, 0.5) is 11.4 Å². The molecule has 6 nitrogen and oxygen atoms in total. The first-order valence-corrected chi connectivity index (χ1v) is 6.17. The van der Waals surface area contributed by atoms with Crippen molar-refractivity contribution in [2.24, 2.45) is 0 Å². The van der Waals surface area contributed by atoms with Gasteiger partial charge >= 0.3 is 0 Å². The normalized spacial score (nSPS) is 13.7. The Morgan fingerprint density at radius 2 is 2.21 bits per heavy atom. The van der Waals surface area contributed by atoms with Gasteiger partial charge in [0.05, 0.1) is 12.0 Å². The Balaban J connectivity index is 3.12. The van der Waals surface area contributed by atoms with Gasteiger partial charge in [0.2, 0.25) is 0 Å². The fourth-order valence-corrected chi connectivity index (χ4v) is 1.80. The van der Waals surface area contributed by atoms with E-state index in [1.807, 2.05) is 13.8 Å². The monoisotopic (exact) mass is 268 g/mol. The van der Waals surface area contributed by atoms with Crippen molar-refractivity contribution in [1.29, 1.82) is 0 Å². The Morgan fingerprint density at radius 3 is 2.68 bits per heavy atom. The molecule has 0 saturated heterocycles. The molecule has 0 aliphatic heterocycles. The number of nitrogens with one attached hydrogen (secondary N) is 1. The van der Waals surface area contributed by atoms with Gasteiger partial charge in [0.1, 0.15) is 11.4 Å². The molecule has 1 atom stereocenters. The van der Waals surface area contributed by atoms with Gasteiger partial charge in [-0.15, -0.1) is 0 Å². The first kappa shape index (κ1) is 15.2. The molecule has 1 unspecified atom stereocenters. The summed E-state index contributed by atoms with van der Waals surface area (Å²) in [6.45, 7) is 3.91. The zero-order valence-corrected chi connectivity index (χ0v) is 11.5. The molecule has 1 aromatic carbocycles. The summed E-state index contributed by atoms with van der Waals surface area (Å²) in [6, 6.07) is 4.57. The zero-order valence-electron chi connectivity index (χ0n) is 11.5. The Bertz CT molecular complexity index is 450. The van der Waals surface area contributed by atoms with E-state index in [-0.39, 0.29) is 12.3 Å². The van der Waals surface area contributed by atoms with Crippen LogP contribution in [0.15, 0.2) is 18.2 Å². The van der Waals surface area contributed by atoms with Crippen molar-refractivity contribution in [2.45, 2.75) is 32.2 Å². The first-order chi connectivity index (χ1) is 8.95. The highest BCUT2D eigenvalue weighted by Gasteiger charge is 2.25. The van der Waals surface area contributed by atoms with Crippen LogP contribution in [0.25, 0.3) is 0 Å². The lowest BCUT2D eigenvalue weighted by Gasteiger charge is -2.30. The second-order valence-corrected chi connectivity index (χ2v) is 4.65. The van der Waals surface area contributed by atoms with Crippen LogP contribution in [0.3, 0.4) is 0 Å². The quantitative estimate of drug-likeness (QED) is 0.586. The number of nitrogens with zero attached hydrogens (tertiary/aromatic N) is 1. The van der Waals surface area contributed by atoms with Gasteiger partial charge in [0.15, 0.2) is 0 Å². The van der Waals surface area contributed by atoms with Crippen molar-refractivity contribution in [2.75, 3.05) is 19.0 Å². The molecule has 0 aliphatic rings. The zero-order chi connectivity index (χ0) is 14.5. The molecular formula is C13H20N2O4. The van der Waals surface area contributed by atoms with Crippen LogP contribution in [-0.2, 0) is 0 Å². The van der Waals surface area contributed by atoms with Gasteiger partial charge in [-0.2, -0.15) is 0 Å². The van der Waals surface area contributed by atoms with Crippen molar-refractivity contribution < 1.29 is 14.8 Å². The Hall–Kier alpha value is -1.82. The number of rotatable bonds is 7. The van der Waals surface area contributed by atoms with Gasteiger partial charge in [0.25, 0.3) is 5.69 Å². The molecule has 0 aromatic heterocycles. The number of anilines is 1. The molecule has 1 aromatic rings. The van der Waals surface area contributed by atoms with Crippen LogP contribution in [-0.4, -0.2) is 29.3 Å². The fraction of sp³-hybridized carbons (Fsp3) is 0.538. The summed E-state index contributed by atoms with van der Waals surface area (Å²) >= 11 is 0. The minimum absolute atomic E-state index is 0.00147. The molecule has 0 saturated carbocycles. The third-order valence-electron chi connectivity index (χ3n) is 3.28. The largest absolute Gasteiger partial charge is 0.497 e. The molecule has 6 heteroatoms. The fourth-order valence-electron chi connectivity index (χ4n) is 1.80. The molecule has 2 N–H and O–H groups in total. The van der Waals surface area contributed by atoms with E-state index in [2.05, 4.69) is 5.32 Å². The molecule has 0 amide bonds. The maximum Gasteiger partial charge on any atom is 0.292 e. The number of ether oxygens (including phenoxy) is 1. The molecule has 0 fully saturated rings. The van der Waals surface area contributed by atoms with Gasteiger partial charge in [-0.25, -0.2) is 0 Å². The van der Waals surface area contributed by atoms with E-state index in [1.165, 1.54) is 13.2 Å². The summed E-state index contributed by atoms with van der Waals surface area (Å²) in [5.74, 6) is 0.551. The molecule has 106 valence electrons. The lowest BCUT2D eigenvalue weighted by molar-refractivity contribution is -0.384. The lowest BCUT2D eigenvalue weighted by atomic mass is 9.94. The third-order valence-corrected chi connectivity index (χ3v) is 3.28. The highest BCUT2D eigenvalue weighted by molar-refractivity contribution is 5.65. The summed E-state index contributed by atoms with van der Waals surface area (Å²) in [5, 5.41) is 23.3. The minimum atomic E-state index is -0.434. The SMILES string of the molecule is CCC(C)(CCO)Nc1cc(OC)ccc1[N+](=O)[O-]. The highest BCUT2D eigenvalue weighted by atomic mass is 16.6. The summed E-state index contributed by atoms with van der Waals surface area (Å²) in [6.07, 6.45) is 1.25. The molecular weight excluding hydrogens is 248 g/mol. The van der Waals surface area contributed by atoms with Crippen LogP contribution in [0.2, 0.25) is 0 Å². The maximum atomic E-state index is 11.0. The summed E-state index contributed by atoms with van der Waals surface area (Å²) in [5.41, 5.74) is 0.00635. The number of hydrogen-bond donors (Lipinski definition) is 2. The van der Waals surface area contributed by atoms with E-state index in [0.717, 1.165) is 6.42 Å². The van der Waals surface area contributed by atoms with Crippen molar-refractivity contribution in [3.8, 4) is 5.75 Å². The van der Waals surface area contributed by atoms with E-state index >= 15 is 0 Å². The van der Waals surface area contributed by atoms with Crippen molar-refractivity contribution in [3.05, 3.63) is 28.3 Å². The lowest BCUT2D eigenvalue weighted by Crippen LogP contribution is -2.35. The topological polar surface area (TPSA) is 84.6 Å². The molecule has 19 heavy (non-hydrogen) atoms. The Kier molecular flexibility index (Phi) is 5.11. The number of nitro benzene ring substituents is 1. The van der Waals surface area contributed by atoms with Crippen molar-refractivity contribution >= 4 is 11.4 Å². The third kappa shape index (κ3) is 3.82. The van der Waals surface area contributed by atoms with Crippen LogP contribution >= 0.6 is 0 Å². The molecule has 0 spiro atoms. The first-order valence-electron chi connectivity index (χ1n) is 6.17. The highest BCUT2D eigenvalue weighted by Crippen LogP contribution is 2.32. The van der Waals surface area contributed by atoms with Gasteiger partial charge in [-0.3, -0.25) is 10.1 Å². The van der Waals surface area contributed by atoms with Crippen LogP contribution < -0.4 is 10.1 Å². The molecule has 1 rings (SSSR count). The summed E-state index contributed by atoms with van der Waals surface area (Å²) in [7, 11) is 1.51. The molecule has 0 bridgehead atoms. The summed E-state index contributed by atoms with van der Waals surface area (Å²) in [4.78, 5) is 10.6. The van der Waals surface area contributed by atoms with E-state index < -0.39 is 10.5 Å². The number of aliphatic hydroxyl groups excluding tert-OH is 1. The van der Waals surface area contributed by atoms with E-state index in [0.29, 0.717) is 17.9 Å². The maximum absolute atomic E-state index is 11.0. The second-order valence-electron chi connectivity index (χ2n) is 4.65. The number of methoxy groups -OCH3 is 1. The van der Waals surface area contributed by atoms with Gasteiger partial charge in [0, 0.05) is 24.3 Å². The molecule has 0 heterocycles. The molecule has 0 radical (unpaired) electrons. The predicted octanol–water partition coefficient (Wildman–Crippen LogP) is 2.57. The van der Waals surface area contributed by atoms with Gasteiger partial charge in [-0.05, 0) is 25.8 Å². The number of hydrogen-bond acceptors (Lipinski definition) is 5. The van der Waals surface area contributed by atoms with Crippen LogP contribution in [0.5, 0.6) is 5.75 Å². The standard InChI is InChI=1S/C13H20N2O4/c1-4-13(2,7-8-16)14-11-9-10(19-3)5-6-12(11)15(17)18/h5-6,9,14,16H,4,7-8H2,1-3H3. The number of benzene rings is 1. The Labute approximate surface area is 112 Å². The van der Waals surface area contributed by atoms with Crippen molar-refractivity contribution in [3.63, 3.8) is 0 Å². The number of aliphatic hydroxyl groups is 1. The van der Waals surface area contributed by atoms with Crippen molar-refractivity contribution in [1.82, 2.24) is 0 Å².